The smallest absolute Gasteiger partial charge is 0.379 e. The van der Waals surface area contributed by atoms with Crippen molar-refractivity contribution in [3.8, 4) is 0 Å². The van der Waals surface area contributed by atoms with Crippen molar-refractivity contribution in [1.82, 2.24) is 29.2 Å². The molecule has 0 aliphatic carbocycles. The predicted molar refractivity (Wildman–Crippen MR) is 178 cm³/mol. The summed E-state index contributed by atoms with van der Waals surface area (Å²) in [7, 11) is -1.46. The number of carbonyl (C=O) groups is 1. The number of benzene rings is 1. The molecule has 1 atom stereocenters. The van der Waals surface area contributed by atoms with Crippen molar-refractivity contribution in [3.05, 3.63) is 75.8 Å². The van der Waals surface area contributed by atoms with Crippen LogP contribution in [0.15, 0.2) is 47.8 Å². The molecular weight excluding hydrogens is 705 g/mol. The van der Waals surface area contributed by atoms with E-state index in [9.17, 15) is 40.3 Å². The third-order valence-corrected chi connectivity index (χ3v) is 10.0. The van der Waals surface area contributed by atoms with Gasteiger partial charge in [0.2, 0.25) is 5.95 Å². The third-order valence-electron chi connectivity index (χ3n) is 8.30. The van der Waals surface area contributed by atoms with Gasteiger partial charge in [0.1, 0.15) is 18.1 Å². The average Bonchev–Trinajstić information content (AvgIpc) is 3.39. The molecule has 3 aromatic heterocycles. The molecule has 0 unspecified atom stereocenters. The van der Waals surface area contributed by atoms with Crippen molar-refractivity contribution in [1.29, 1.82) is 0 Å². The Bertz CT molecular complexity index is 1920. The Morgan fingerprint density at radius 3 is 2.27 bits per heavy atom. The lowest BCUT2D eigenvalue weighted by atomic mass is 10.1. The van der Waals surface area contributed by atoms with Crippen molar-refractivity contribution >= 4 is 36.5 Å². The molecule has 4 aromatic rings. The number of hydrogen-bond donors (Lipinski definition) is 1. The van der Waals surface area contributed by atoms with Crippen LogP contribution in [0.25, 0.3) is 10.9 Å². The van der Waals surface area contributed by atoms with E-state index in [0.717, 1.165) is 12.2 Å². The summed E-state index contributed by atoms with van der Waals surface area (Å²) in [6.07, 6.45) is -5.77. The minimum atomic E-state index is -5.01. The standard InChI is InChI=1S/C32H37F7N8O3Si/c1-20(43-25-16-42-47(19-50-11-12-51(2,3)4)29(49)27(25)32(37,38)39)17-46-18-24(23-6-5-22(33)13-26(23)46)28(48)44-7-9-45(10-8-44)30-40-14-21(15-41-30)31(34,35)36/h5-6,13-16,18,20,43H,7-12,17,19H2,1-4H3/t20-/m0/s1. The molecule has 11 nitrogen and oxygen atoms in total. The molecule has 1 saturated heterocycles. The molecule has 4 heterocycles. The maximum atomic E-state index is 14.4. The summed E-state index contributed by atoms with van der Waals surface area (Å²) in [5.41, 5.74) is -3.75. The minimum absolute atomic E-state index is 0.0214. The number of nitrogens with zero attached hydrogens (tertiary/aromatic N) is 7. The van der Waals surface area contributed by atoms with E-state index < -0.39 is 67.3 Å². The van der Waals surface area contributed by atoms with E-state index in [-0.39, 0.29) is 50.8 Å². The maximum Gasteiger partial charge on any atom is 0.423 e. The Labute approximate surface area is 289 Å². The Morgan fingerprint density at radius 1 is 1.00 bits per heavy atom. The molecule has 51 heavy (non-hydrogen) atoms. The van der Waals surface area contributed by atoms with Crippen LogP contribution in [0.4, 0.5) is 42.4 Å². The van der Waals surface area contributed by atoms with Crippen LogP contribution in [0.5, 0.6) is 0 Å². The van der Waals surface area contributed by atoms with Crippen LogP contribution in [0, 0.1) is 5.82 Å². The largest absolute Gasteiger partial charge is 0.423 e. The van der Waals surface area contributed by atoms with Gasteiger partial charge in [0, 0.05) is 77.4 Å². The Balaban J connectivity index is 1.30. The molecule has 276 valence electrons. The van der Waals surface area contributed by atoms with E-state index in [1.54, 1.807) is 16.4 Å². The quantitative estimate of drug-likeness (QED) is 0.114. The molecule has 19 heteroatoms. The molecule has 1 aliphatic heterocycles. The van der Waals surface area contributed by atoms with Crippen molar-refractivity contribution in [2.45, 2.75) is 64.3 Å². The van der Waals surface area contributed by atoms with Gasteiger partial charge in [-0.3, -0.25) is 9.59 Å². The third kappa shape index (κ3) is 9.05. The van der Waals surface area contributed by atoms with E-state index in [1.165, 1.54) is 29.3 Å². The molecule has 0 radical (unpaired) electrons. The fourth-order valence-corrected chi connectivity index (χ4v) is 6.35. The number of amides is 1. The van der Waals surface area contributed by atoms with Gasteiger partial charge in [-0.1, -0.05) is 19.6 Å². The Hall–Kier alpha value is -4.52. The second kappa shape index (κ2) is 14.6. The number of rotatable bonds is 11. The summed E-state index contributed by atoms with van der Waals surface area (Å²) >= 11 is 0. The van der Waals surface area contributed by atoms with Gasteiger partial charge in [-0.05, 0) is 31.2 Å². The van der Waals surface area contributed by atoms with E-state index in [0.29, 0.717) is 28.0 Å². The van der Waals surface area contributed by atoms with Gasteiger partial charge < -0.3 is 24.4 Å². The van der Waals surface area contributed by atoms with Crippen molar-refractivity contribution in [2.75, 3.05) is 43.0 Å². The van der Waals surface area contributed by atoms with E-state index in [4.69, 9.17) is 4.74 Å². The van der Waals surface area contributed by atoms with Gasteiger partial charge in [-0.15, -0.1) is 0 Å². The second-order valence-corrected chi connectivity index (χ2v) is 19.2. The number of hydrogen-bond acceptors (Lipinski definition) is 8. The summed E-state index contributed by atoms with van der Waals surface area (Å²) in [5, 5.41) is 7.02. The van der Waals surface area contributed by atoms with E-state index in [2.05, 4.69) is 40.0 Å². The first-order valence-electron chi connectivity index (χ1n) is 16.1. The highest BCUT2D eigenvalue weighted by molar-refractivity contribution is 6.76. The van der Waals surface area contributed by atoms with Gasteiger partial charge in [0.15, 0.2) is 0 Å². The maximum absolute atomic E-state index is 14.4. The van der Waals surface area contributed by atoms with Gasteiger partial charge in [-0.2, -0.15) is 31.4 Å². The summed E-state index contributed by atoms with van der Waals surface area (Å²) in [6, 6.07) is 3.84. The van der Waals surface area contributed by atoms with Crippen LogP contribution in [-0.4, -0.2) is 82.0 Å². The highest BCUT2D eigenvalue weighted by Gasteiger charge is 2.39. The summed E-state index contributed by atoms with van der Waals surface area (Å²) < 4.78 is 103. The predicted octanol–water partition coefficient (Wildman–Crippen LogP) is 5.94. The second-order valence-electron chi connectivity index (χ2n) is 13.5. The first-order valence-corrected chi connectivity index (χ1v) is 19.8. The lowest BCUT2D eigenvalue weighted by Gasteiger charge is -2.34. The molecule has 0 saturated carbocycles. The molecule has 1 aliphatic rings. The fraction of sp³-hybridized carbons (Fsp3) is 0.469. The molecule has 1 aromatic carbocycles. The Morgan fingerprint density at radius 2 is 1.67 bits per heavy atom. The van der Waals surface area contributed by atoms with E-state index in [1.807, 2.05) is 0 Å². The lowest BCUT2D eigenvalue weighted by Crippen LogP contribution is -2.49. The zero-order valence-electron chi connectivity index (χ0n) is 28.3. The van der Waals surface area contributed by atoms with Crippen LogP contribution in [0.3, 0.4) is 0 Å². The highest BCUT2D eigenvalue weighted by Crippen LogP contribution is 2.33. The van der Waals surface area contributed by atoms with Gasteiger partial charge in [0.05, 0.1) is 28.5 Å². The molecule has 1 fully saturated rings. The van der Waals surface area contributed by atoms with Gasteiger partial charge in [-0.25, -0.2) is 19.0 Å². The zero-order valence-corrected chi connectivity index (χ0v) is 29.3. The molecule has 0 spiro atoms. The van der Waals surface area contributed by atoms with Crippen molar-refractivity contribution in [2.24, 2.45) is 0 Å². The van der Waals surface area contributed by atoms with Gasteiger partial charge in [0.25, 0.3) is 11.5 Å². The lowest BCUT2D eigenvalue weighted by molar-refractivity contribution is -0.139. The summed E-state index contributed by atoms with van der Waals surface area (Å²) in [4.78, 5) is 37.4. The monoisotopic (exact) mass is 742 g/mol. The number of carbonyl (C=O) groups excluding carboxylic acids is 1. The number of alkyl halides is 6. The van der Waals surface area contributed by atoms with E-state index >= 15 is 0 Å². The molecule has 5 rings (SSSR count). The van der Waals surface area contributed by atoms with Crippen molar-refractivity contribution in [3.63, 3.8) is 0 Å². The number of nitrogens with one attached hydrogen (secondary N) is 1. The van der Waals surface area contributed by atoms with Crippen LogP contribution in [-0.2, 0) is 30.4 Å². The molecular formula is C32H37F7N8O3Si. The normalized spacial score (nSPS) is 15.0. The summed E-state index contributed by atoms with van der Waals surface area (Å²) in [6.45, 7) is 8.61. The number of halogens is 7. The van der Waals surface area contributed by atoms with Crippen LogP contribution < -0.4 is 15.8 Å². The number of piperazine rings is 1. The minimum Gasteiger partial charge on any atom is -0.379 e. The molecule has 1 N–H and O–H groups in total. The SMILES string of the molecule is C[C@@H](Cn1cc(C(=O)N2CCN(c3ncc(C(F)(F)F)cn3)CC2)c2ccc(F)cc21)Nc1cnn(COCC[Si](C)(C)C)c(=O)c1C(F)(F)F. The molecule has 0 bridgehead atoms. The number of aromatic nitrogens is 5. The number of ether oxygens (including phenoxy) is 1. The van der Waals surface area contributed by atoms with Crippen molar-refractivity contribution < 1.29 is 40.3 Å². The summed E-state index contributed by atoms with van der Waals surface area (Å²) in [5.74, 6) is -0.889. The average molecular weight is 743 g/mol. The Kier molecular flexibility index (Phi) is 10.8. The fourth-order valence-electron chi connectivity index (χ4n) is 5.60. The number of fused-ring (bicyclic) bond motifs is 1. The van der Waals surface area contributed by atoms with Crippen LogP contribution in [0.1, 0.15) is 28.4 Å². The number of anilines is 2. The van der Waals surface area contributed by atoms with Gasteiger partial charge >= 0.3 is 12.4 Å². The first kappa shape index (κ1) is 37.7. The highest BCUT2D eigenvalue weighted by atomic mass is 28.3. The zero-order chi connectivity index (χ0) is 37.3. The van der Waals surface area contributed by atoms with Crippen LogP contribution >= 0.6 is 0 Å². The first-order chi connectivity index (χ1) is 23.8. The molecule has 1 amide bonds. The topological polar surface area (TPSA) is 110 Å². The van der Waals surface area contributed by atoms with Crippen LogP contribution in [0.2, 0.25) is 25.7 Å².